The van der Waals surface area contributed by atoms with Gasteiger partial charge in [-0.1, -0.05) is 6.07 Å². The van der Waals surface area contributed by atoms with Gasteiger partial charge in [0.1, 0.15) is 11.5 Å². The van der Waals surface area contributed by atoms with E-state index in [2.05, 4.69) is 15.2 Å². The van der Waals surface area contributed by atoms with Crippen LogP contribution >= 0.6 is 0 Å². The molecule has 0 spiro atoms. The number of furan rings is 1. The van der Waals surface area contributed by atoms with Gasteiger partial charge >= 0.3 is 0 Å². The number of carbonyl (C=O) groups is 1. The normalized spacial score (nSPS) is 15.6. The summed E-state index contributed by atoms with van der Waals surface area (Å²) in [5, 5.41) is 2.90. The third-order valence-corrected chi connectivity index (χ3v) is 4.42. The highest BCUT2D eigenvalue weighted by Crippen LogP contribution is 2.19. The van der Waals surface area contributed by atoms with Crippen LogP contribution in [0.2, 0.25) is 0 Å². The number of morpholine rings is 1. The van der Waals surface area contributed by atoms with E-state index in [0.29, 0.717) is 18.1 Å². The van der Waals surface area contributed by atoms with Gasteiger partial charge in [-0.15, -0.1) is 0 Å². The number of anilines is 1. The van der Waals surface area contributed by atoms with Gasteiger partial charge in [-0.25, -0.2) is 4.98 Å². The Labute approximate surface area is 145 Å². The first-order valence-corrected chi connectivity index (χ1v) is 8.33. The van der Waals surface area contributed by atoms with Gasteiger partial charge in [0.15, 0.2) is 5.76 Å². The molecule has 0 bridgehead atoms. The number of fused-ring (bicyclic) bond motifs is 1. The quantitative estimate of drug-likeness (QED) is 0.789. The molecule has 0 radical (unpaired) electrons. The van der Waals surface area contributed by atoms with Crippen LogP contribution in [0.3, 0.4) is 0 Å². The Kier molecular flexibility index (Phi) is 4.25. The Morgan fingerprint density at radius 3 is 3.00 bits per heavy atom. The molecule has 0 aliphatic carbocycles. The molecule has 130 valence electrons. The van der Waals surface area contributed by atoms with Crippen molar-refractivity contribution in [3.63, 3.8) is 0 Å². The van der Waals surface area contributed by atoms with Gasteiger partial charge < -0.3 is 14.5 Å². The molecule has 1 amide bonds. The minimum atomic E-state index is -0.267. The molecule has 7 heteroatoms. The highest BCUT2D eigenvalue weighted by atomic mass is 16.5. The lowest BCUT2D eigenvalue weighted by molar-refractivity contribution is 0.0340. The molecule has 1 saturated heterocycles. The summed E-state index contributed by atoms with van der Waals surface area (Å²) in [5.74, 6) is 0.697. The third kappa shape index (κ3) is 3.16. The molecule has 3 aromatic rings. The summed E-state index contributed by atoms with van der Waals surface area (Å²) in [4.78, 5) is 19.3. The van der Waals surface area contributed by atoms with E-state index < -0.39 is 0 Å². The Hall–Kier alpha value is -2.64. The molecule has 0 atom stereocenters. The maximum Gasteiger partial charge on any atom is 0.292 e. The van der Waals surface area contributed by atoms with Crippen molar-refractivity contribution in [2.45, 2.75) is 13.5 Å². The fourth-order valence-corrected chi connectivity index (χ4v) is 3.08. The standard InChI is InChI=1S/C18H20N4O3/c1-13-3-2-5-22-15(11-19-17(13)22)20-18(23)16-14(4-8-25-16)12-21-6-9-24-10-7-21/h2-5,8,11H,6-7,9-10,12H2,1H3,(H,20,23). The van der Waals surface area contributed by atoms with Crippen molar-refractivity contribution in [1.82, 2.24) is 14.3 Å². The summed E-state index contributed by atoms with van der Waals surface area (Å²) in [5.41, 5.74) is 2.75. The molecule has 1 N–H and O–H groups in total. The monoisotopic (exact) mass is 340 g/mol. The number of ether oxygens (including phenoxy) is 1. The van der Waals surface area contributed by atoms with Crippen LogP contribution in [-0.4, -0.2) is 46.5 Å². The van der Waals surface area contributed by atoms with Crippen LogP contribution < -0.4 is 5.32 Å². The topological polar surface area (TPSA) is 72.0 Å². The van der Waals surface area contributed by atoms with E-state index in [1.54, 1.807) is 12.5 Å². The summed E-state index contributed by atoms with van der Waals surface area (Å²) in [6.45, 7) is 5.83. The molecular weight excluding hydrogens is 320 g/mol. The molecule has 1 aliphatic heterocycles. The molecule has 7 nitrogen and oxygen atoms in total. The fraction of sp³-hybridized carbons (Fsp3) is 0.333. The lowest BCUT2D eigenvalue weighted by atomic mass is 10.2. The van der Waals surface area contributed by atoms with Crippen LogP contribution in [0.4, 0.5) is 5.82 Å². The number of hydrogen-bond donors (Lipinski definition) is 1. The molecule has 4 rings (SSSR count). The predicted molar refractivity (Wildman–Crippen MR) is 92.7 cm³/mol. The van der Waals surface area contributed by atoms with Crippen LogP contribution in [0, 0.1) is 6.92 Å². The van der Waals surface area contributed by atoms with Gasteiger partial charge in [0.2, 0.25) is 0 Å². The summed E-state index contributed by atoms with van der Waals surface area (Å²) in [7, 11) is 0. The largest absolute Gasteiger partial charge is 0.459 e. The smallest absolute Gasteiger partial charge is 0.292 e. The minimum Gasteiger partial charge on any atom is -0.459 e. The lowest BCUT2D eigenvalue weighted by Gasteiger charge is -2.26. The number of nitrogens with one attached hydrogen (secondary N) is 1. The number of aryl methyl sites for hydroxylation is 1. The first-order chi connectivity index (χ1) is 12.2. The summed E-state index contributed by atoms with van der Waals surface area (Å²) < 4.78 is 12.7. The Balaban J connectivity index is 1.53. The van der Waals surface area contributed by atoms with Crippen LogP contribution in [-0.2, 0) is 11.3 Å². The zero-order chi connectivity index (χ0) is 17.2. The molecule has 0 saturated carbocycles. The molecular formula is C18H20N4O3. The molecule has 3 aromatic heterocycles. The van der Waals surface area contributed by atoms with Crippen molar-refractivity contribution >= 4 is 17.4 Å². The van der Waals surface area contributed by atoms with Gasteiger partial charge in [0, 0.05) is 31.4 Å². The number of rotatable bonds is 4. The third-order valence-electron chi connectivity index (χ3n) is 4.42. The van der Waals surface area contributed by atoms with Gasteiger partial charge in [0.05, 0.1) is 25.7 Å². The minimum absolute atomic E-state index is 0.267. The number of aromatic nitrogens is 2. The Morgan fingerprint density at radius 2 is 2.16 bits per heavy atom. The van der Waals surface area contributed by atoms with Crippen molar-refractivity contribution in [3.8, 4) is 0 Å². The SMILES string of the molecule is Cc1cccn2c(NC(=O)c3occc3CN3CCOCC3)cnc12. The zero-order valence-electron chi connectivity index (χ0n) is 14.1. The number of amides is 1. The van der Waals surface area contributed by atoms with Crippen LogP contribution in [0.15, 0.2) is 41.3 Å². The van der Waals surface area contributed by atoms with Gasteiger partial charge in [-0.05, 0) is 24.6 Å². The maximum atomic E-state index is 12.7. The fourth-order valence-electron chi connectivity index (χ4n) is 3.08. The predicted octanol–water partition coefficient (Wildman–Crippen LogP) is 2.32. The Morgan fingerprint density at radius 1 is 1.32 bits per heavy atom. The van der Waals surface area contributed by atoms with E-state index in [4.69, 9.17) is 9.15 Å². The van der Waals surface area contributed by atoms with Crippen molar-refractivity contribution in [1.29, 1.82) is 0 Å². The van der Waals surface area contributed by atoms with Gasteiger partial charge in [-0.2, -0.15) is 0 Å². The molecule has 1 fully saturated rings. The van der Waals surface area contributed by atoms with E-state index >= 15 is 0 Å². The first kappa shape index (κ1) is 15.9. The van der Waals surface area contributed by atoms with E-state index in [1.165, 1.54) is 0 Å². The molecule has 4 heterocycles. The van der Waals surface area contributed by atoms with Gasteiger partial charge in [-0.3, -0.25) is 14.1 Å². The maximum absolute atomic E-state index is 12.7. The van der Waals surface area contributed by atoms with Crippen molar-refractivity contribution in [2.75, 3.05) is 31.6 Å². The average molecular weight is 340 g/mol. The second-order valence-corrected chi connectivity index (χ2v) is 6.15. The van der Waals surface area contributed by atoms with Crippen LogP contribution in [0.25, 0.3) is 5.65 Å². The number of hydrogen-bond acceptors (Lipinski definition) is 5. The number of imidazole rings is 1. The number of nitrogens with zero attached hydrogens (tertiary/aromatic N) is 3. The molecule has 25 heavy (non-hydrogen) atoms. The molecule has 0 aromatic carbocycles. The number of carbonyl (C=O) groups excluding carboxylic acids is 1. The molecule has 1 aliphatic rings. The summed E-state index contributed by atoms with van der Waals surface area (Å²) in [6.07, 6.45) is 5.09. The summed E-state index contributed by atoms with van der Waals surface area (Å²) >= 11 is 0. The van der Waals surface area contributed by atoms with E-state index in [9.17, 15) is 4.79 Å². The van der Waals surface area contributed by atoms with E-state index in [1.807, 2.05) is 35.7 Å². The highest BCUT2D eigenvalue weighted by Gasteiger charge is 2.20. The van der Waals surface area contributed by atoms with Crippen molar-refractivity contribution < 1.29 is 13.9 Å². The zero-order valence-corrected chi connectivity index (χ0v) is 14.1. The van der Waals surface area contributed by atoms with E-state index in [-0.39, 0.29) is 5.91 Å². The van der Waals surface area contributed by atoms with Gasteiger partial charge in [0.25, 0.3) is 5.91 Å². The lowest BCUT2D eigenvalue weighted by Crippen LogP contribution is -2.36. The molecule has 0 unspecified atom stereocenters. The van der Waals surface area contributed by atoms with Crippen molar-refractivity contribution in [3.05, 3.63) is 53.7 Å². The van der Waals surface area contributed by atoms with Crippen LogP contribution in [0.1, 0.15) is 21.7 Å². The van der Waals surface area contributed by atoms with Crippen molar-refractivity contribution in [2.24, 2.45) is 0 Å². The van der Waals surface area contributed by atoms with Crippen LogP contribution in [0.5, 0.6) is 0 Å². The first-order valence-electron chi connectivity index (χ1n) is 8.33. The average Bonchev–Trinajstić information content (AvgIpc) is 3.24. The second-order valence-electron chi connectivity index (χ2n) is 6.15. The van der Waals surface area contributed by atoms with E-state index in [0.717, 1.165) is 43.1 Å². The Bertz CT molecular complexity index is 893. The summed E-state index contributed by atoms with van der Waals surface area (Å²) in [6, 6.07) is 5.76. The second kappa shape index (κ2) is 6.70. The highest BCUT2D eigenvalue weighted by molar-refractivity contribution is 6.02. The number of pyridine rings is 1.